The van der Waals surface area contributed by atoms with E-state index in [1.165, 1.54) is 12.1 Å². The van der Waals surface area contributed by atoms with Gasteiger partial charge in [-0.05, 0) is 36.8 Å². The molecule has 0 saturated carbocycles. The SMILES string of the molecule is Cc1ccccc1C(=N)OC(=N)c1cccc(C(F)(F)F)c1. The van der Waals surface area contributed by atoms with Crippen LogP contribution in [0.2, 0.25) is 0 Å². The predicted octanol–water partition coefficient (Wildman–Crippen LogP) is 4.38. The highest BCUT2D eigenvalue weighted by Crippen LogP contribution is 2.29. The fraction of sp³-hybridized carbons (Fsp3) is 0.125. The van der Waals surface area contributed by atoms with Crippen molar-refractivity contribution in [2.75, 3.05) is 0 Å². The summed E-state index contributed by atoms with van der Waals surface area (Å²) < 4.78 is 43.0. The van der Waals surface area contributed by atoms with Gasteiger partial charge in [0.15, 0.2) is 0 Å². The normalized spacial score (nSPS) is 11.1. The number of benzene rings is 2. The Morgan fingerprint density at radius 2 is 1.64 bits per heavy atom. The van der Waals surface area contributed by atoms with Crippen molar-refractivity contribution in [1.29, 1.82) is 10.8 Å². The number of hydrogen-bond donors (Lipinski definition) is 2. The monoisotopic (exact) mass is 306 g/mol. The molecule has 0 atom stereocenters. The Kier molecular flexibility index (Phi) is 4.30. The third kappa shape index (κ3) is 3.52. The Hall–Kier alpha value is -2.63. The maximum atomic E-state index is 12.7. The molecule has 0 fully saturated rings. The average molecular weight is 306 g/mol. The van der Waals surface area contributed by atoms with Crippen molar-refractivity contribution in [2.45, 2.75) is 13.1 Å². The van der Waals surface area contributed by atoms with E-state index >= 15 is 0 Å². The molecule has 0 aliphatic carbocycles. The largest absolute Gasteiger partial charge is 0.421 e. The minimum absolute atomic E-state index is 0.0341. The standard InChI is InChI=1S/C16H13F3N2O/c1-10-5-2-3-8-13(10)15(21)22-14(20)11-6-4-7-12(9-11)16(17,18)19/h2-9,20-21H,1H3. The summed E-state index contributed by atoms with van der Waals surface area (Å²) in [5, 5.41) is 15.6. The molecule has 0 spiro atoms. The summed E-state index contributed by atoms with van der Waals surface area (Å²) in [4.78, 5) is 0. The third-order valence-corrected chi connectivity index (χ3v) is 3.05. The molecule has 3 nitrogen and oxygen atoms in total. The van der Waals surface area contributed by atoms with Crippen molar-refractivity contribution >= 4 is 11.8 Å². The van der Waals surface area contributed by atoms with E-state index in [4.69, 9.17) is 15.6 Å². The van der Waals surface area contributed by atoms with Gasteiger partial charge in [-0.25, -0.2) is 0 Å². The van der Waals surface area contributed by atoms with E-state index in [1.807, 2.05) is 0 Å². The summed E-state index contributed by atoms with van der Waals surface area (Å²) in [5.74, 6) is -0.778. The summed E-state index contributed by atoms with van der Waals surface area (Å²) in [7, 11) is 0. The number of rotatable bonds is 2. The molecule has 22 heavy (non-hydrogen) atoms. The summed E-state index contributed by atoms with van der Waals surface area (Å²) in [6.45, 7) is 1.78. The summed E-state index contributed by atoms with van der Waals surface area (Å²) >= 11 is 0. The molecule has 0 aliphatic rings. The van der Waals surface area contributed by atoms with Crippen LogP contribution in [0.1, 0.15) is 22.3 Å². The topological polar surface area (TPSA) is 56.9 Å². The summed E-state index contributed by atoms with van der Waals surface area (Å²) in [5.41, 5.74) is 0.373. The molecular formula is C16H13F3N2O. The van der Waals surface area contributed by atoms with Crippen LogP contribution in [-0.4, -0.2) is 11.8 Å². The van der Waals surface area contributed by atoms with E-state index in [0.717, 1.165) is 17.7 Å². The van der Waals surface area contributed by atoms with Gasteiger partial charge in [-0.3, -0.25) is 10.8 Å². The number of nitrogens with one attached hydrogen (secondary N) is 2. The van der Waals surface area contributed by atoms with Gasteiger partial charge in [0.2, 0.25) is 11.8 Å². The number of alkyl halides is 3. The van der Waals surface area contributed by atoms with Crippen LogP contribution in [0.3, 0.4) is 0 Å². The van der Waals surface area contributed by atoms with Gasteiger partial charge in [-0.15, -0.1) is 0 Å². The first-order chi connectivity index (χ1) is 10.3. The molecule has 0 saturated heterocycles. The maximum Gasteiger partial charge on any atom is 0.416 e. The molecule has 0 bridgehead atoms. The zero-order valence-corrected chi connectivity index (χ0v) is 11.7. The second-order valence-corrected chi connectivity index (χ2v) is 4.65. The van der Waals surface area contributed by atoms with Crippen LogP contribution in [0, 0.1) is 17.7 Å². The second kappa shape index (κ2) is 6.01. The Morgan fingerprint density at radius 1 is 0.955 bits per heavy atom. The molecule has 114 valence electrons. The van der Waals surface area contributed by atoms with Crippen LogP contribution in [0.25, 0.3) is 0 Å². The lowest BCUT2D eigenvalue weighted by Crippen LogP contribution is -2.15. The van der Waals surface area contributed by atoms with Gasteiger partial charge in [-0.2, -0.15) is 13.2 Å². The lowest BCUT2D eigenvalue weighted by Gasteiger charge is -2.12. The van der Waals surface area contributed by atoms with Crippen molar-refractivity contribution in [1.82, 2.24) is 0 Å². The lowest BCUT2D eigenvalue weighted by atomic mass is 10.1. The molecule has 2 rings (SSSR count). The van der Waals surface area contributed by atoms with Crippen LogP contribution in [0.4, 0.5) is 13.2 Å². The van der Waals surface area contributed by atoms with E-state index in [0.29, 0.717) is 5.56 Å². The number of aryl methyl sites for hydroxylation is 1. The highest BCUT2D eigenvalue weighted by Gasteiger charge is 2.30. The van der Waals surface area contributed by atoms with Crippen LogP contribution >= 0.6 is 0 Å². The van der Waals surface area contributed by atoms with Gasteiger partial charge in [-0.1, -0.05) is 24.3 Å². The lowest BCUT2D eigenvalue weighted by molar-refractivity contribution is -0.137. The van der Waals surface area contributed by atoms with Crippen molar-refractivity contribution in [2.24, 2.45) is 0 Å². The predicted molar refractivity (Wildman–Crippen MR) is 77.4 cm³/mol. The fourth-order valence-electron chi connectivity index (χ4n) is 1.88. The molecule has 0 aliphatic heterocycles. The number of hydrogen-bond acceptors (Lipinski definition) is 3. The molecular weight excluding hydrogens is 293 g/mol. The van der Waals surface area contributed by atoms with Gasteiger partial charge in [0.25, 0.3) is 0 Å². The van der Waals surface area contributed by atoms with E-state index in [1.54, 1.807) is 31.2 Å². The summed E-state index contributed by atoms with van der Waals surface area (Å²) in [6.07, 6.45) is -4.49. The second-order valence-electron chi connectivity index (χ2n) is 4.65. The minimum atomic E-state index is -4.49. The van der Waals surface area contributed by atoms with E-state index in [9.17, 15) is 13.2 Å². The number of halogens is 3. The minimum Gasteiger partial charge on any atom is -0.421 e. The zero-order valence-electron chi connectivity index (χ0n) is 11.7. The van der Waals surface area contributed by atoms with Crippen LogP contribution in [-0.2, 0) is 10.9 Å². The van der Waals surface area contributed by atoms with Gasteiger partial charge in [0.1, 0.15) is 0 Å². The average Bonchev–Trinajstić information content (AvgIpc) is 2.46. The zero-order chi connectivity index (χ0) is 16.3. The molecule has 2 N–H and O–H groups in total. The first-order valence-corrected chi connectivity index (χ1v) is 6.37. The first kappa shape index (κ1) is 15.8. The Balaban J connectivity index is 2.20. The Morgan fingerprint density at radius 3 is 2.27 bits per heavy atom. The highest BCUT2D eigenvalue weighted by atomic mass is 19.4. The molecule has 2 aromatic rings. The van der Waals surface area contributed by atoms with E-state index in [-0.39, 0.29) is 11.5 Å². The number of ether oxygens (including phenoxy) is 1. The fourth-order valence-corrected chi connectivity index (χ4v) is 1.88. The maximum absolute atomic E-state index is 12.7. The van der Waals surface area contributed by atoms with Crippen LogP contribution in [0.15, 0.2) is 48.5 Å². The summed E-state index contributed by atoms with van der Waals surface area (Å²) in [6, 6.07) is 11.2. The molecule has 0 heterocycles. The van der Waals surface area contributed by atoms with Gasteiger partial charge < -0.3 is 4.74 Å². The molecule has 2 aromatic carbocycles. The first-order valence-electron chi connectivity index (χ1n) is 6.37. The molecule has 0 amide bonds. The molecule has 0 radical (unpaired) electrons. The highest BCUT2D eigenvalue weighted by molar-refractivity contribution is 6.05. The van der Waals surface area contributed by atoms with Crippen molar-refractivity contribution in [3.8, 4) is 0 Å². The Labute approximate surface area is 125 Å². The Bertz CT molecular complexity index is 723. The van der Waals surface area contributed by atoms with Crippen molar-refractivity contribution in [3.05, 3.63) is 70.8 Å². The van der Waals surface area contributed by atoms with Crippen molar-refractivity contribution in [3.63, 3.8) is 0 Å². The quantitative estimate of drug-likeness (QED) is 0.628. The molecule has 0 aromatic heterocycles. The van der Waals surface area contributed by atoms with E-state index < -0.39 is 17.6 Å². The molecule has 6 heteroatoms. The van der Waals surface area contributed by atoms with Crippen LogP contribution in [0.5, 0.6) is 0 Å². The van der Waals surface area contributed by atoms with Gasteiger partial charge in [0.05, 0.1) is 5.56 Å². The van der Waals surface area contributed by atoms with E-state index in [2.05, 4.69) is 0 Å². The van der Waals surface area contributed by atoms with Crippen molar-refractivity contribution < 1.29 is 17.9 Å². The third-order valence-electron chi connectivity index (χ3n) is 3.05. The molecule has 0 unspecified atom stereocenters. The van der Waals surface area contributed by atoms with Gasteiger partial charge >= 0.3 is 6.18 Å². The smallest absolute Gasteiger partial charge is 0.416 e. The van der Waals surface area contributed by atoms with Crippen LogP contribution < -0.4 is 0 Å². The van der Waals surface area contributed by atoms with Gasteiger partial charge in [0, 0.05) is 11.1 Å².